The van der Waals surface area contributed by atoms with Crippen molar-refractivity contribution in [1.29, 1.82) is 0 Å². The highest BCUT2D eigenvalue weighted by Crippen LogP contribution is 2.54. The van der Waals surface area contributed by atoms with Crippen LogP contribution in [-0.4, -0.2) is 0 Å². The first kappa shape index (κ1) is 25.0. The topological polar surface area (TPSA) is 0 Å². The van der Waals surface area contributed by atoms with Gasteiger partial charge < -0.3 is 0 Å². The Kier molecular flexibility index (Phi) is 9.55. The predicted octanol–water partition coefficient (Wildman–Crippen LogP) is 9.96. The van der Waals surface area contributed by atoms with E-state index in [-0.39, 0.29) is 5.41 Å². The molecule has 0 nitrogen and oxygen atoms in total. The van der Waals surface area contributed by atoms with Crippen molar-refractivity contribution in [3.63, 3.8) is 0 Å². The zero-order valence-electron chi connectivity index (χ0n) is 20.9. The van der Waals surface area contributed by atoms with E-state index in [0.717, 1.165) is 12.8 Å². The zero-order valence-corrected chi connectivity index (χ0v) is 20.9. The van der Waals surface area contributed by atoms with Crippen LogP contribution in [-0.2, 0) is 5.41 Å². The van der Waals surface area contributed by atoms with Crippen molar-refractivity contribution in [2.75, 3.05) is 0 Å². The lowest BCUT2D eigenvalue weighted by Crippen LogP contribution is -2.25. The minimum absolute atomic E-state index is 0.163. The van der Waals surface area contributed by atoms with E-state index >= 15 is 0 Å². The first-order valence-corrected chi connectivity index (χ1v) is 12.9. The molecule has 0 aliphatic heterocycles. The van der Waals surface area contributed by atoms with Crippen LogP contribution in [0.15, 0.2) is 86.0 Å². The second-order valence-corrected chi connectivity index (χ2v) is 9.71. The lowest BCUT2D eigenvalue weighted by molar-refractivity contribution is 0.402. The van der Waals surface area contributed by atoms with Crippen molar-refractivity contribution in [2.24, 2.45) is 0 Å². The summed E-state index contributed by atoms with van der Waals surface area (Å²) < 4.78 is 0. The minimum atomic E-state index is 0.163. The molecule has 0 unspecified atom stereocenters. The Morgan fingerprint density at radius 3 is 1.52 bits per heavy atom. The van der Waals surface area contributed by atoms with E-state index in [1.54, 1.807) is 11.1 Å². The molecule has 2 aromatic rings. The minimum Gasteiger partial charge on any atom is -0.0991 e. The fourth-order valence-electron chi connectivity index (χ4n) is 5.50. The Labute approximate surface area is 202 Å². The lowest BCUT2D eigenvalue weighted by Gasteiger charge is -2.33. The standard InChI is InChI=1S/C33H42/c1-5-7-9-11-13-15-17-23-33(24-18-16-14-12-10-8-6-2)31-25-27(3)19-21-29(31)30-22-20-28(4)26-32(30)33/h5-10,19-22,25-26H,1-2,11-18,23-24H2,3-4H3/b9-7+,10-8+. The Morgan fingerprint density at radius 2 is 1.09 bits per heavy atom. The van der Waals surface area contributed by atoms with Crippen LogP contribution >= 0.6 is 0 Å². The van der Waals surface area contributed by atoms with Crippen LogP contribution in [0.2, 0.25) is 0 Å². The second-order valence-electron chi connectivity index (χ2n) is 9.71. The maximum Gasteiger partial charge on any atom is 0.0215 e. The van der Waals surface area contributed by atoms with Crippen molar-refractivity contribution in [3.8, 4) is 11.1 Å². The molecule has 0 amide bonds. The quantitative estimate of drug-likeness (QED) is 0.203. The summed E-state index contributed by atoms with van der Waals surface area (Å²) in [6.45, 7) is 12.0. The van der Waals surface area contributed by atoms with Crippen LogP contribution in [0.1, 0.15) is 86.5 Å². The fraction of sp³-hybridized carbons (Fsp3) is 0.394. The lowest BCUT2D eigenvalue weighted by atomic mass is 9.70. The predicted molar refractivity (Wildman–Crippen MR) is 147 cm³/mol. The van der Waals surface area contributed by atoms with Gasteiger partial charge in [0.25, 0.3) is 0 Å². The molecular weight excluding hydrogens is 396 g/mol. The largest absolute Gasteiger partial charge is 0.0991 e. The highest BCUT2D eigenvalue weighted by atomic mass is 14.4. The highest BCUT2D eigenvalue weighted by Gasteiger charge is 2.42. The molecule has 0 bridgehead atoms. The molecule has 0 heterocycles. The number of benzene rings is 2. The van der Waals surface area contributed by atoms with Gasteiger partial charge >= 0.3 is 0 Å². The van der Waals surface area contributed by atoms with Gasteiger partial charge in [0, 0.05) is 5.41 Å². The molecule has 0 N–H and O–H groups in total. The fourth-order valence-corrected chi connectivity index (χ4v) is 5.50. The molecular formula is C33H42. The van der Waals surface area contributed by atoms with E-state index in [0.29, 0.717) is 0 Å². The Bertz CT molecular complexity index is 904. The van der Waals surface area contributed by atoms with Crippen LogP contribution in [0.4, 0.5) is 0 Å². The SMILES string of the molecule is C=C/C=C/CCCCCC1(CCCCC/C=C/C=C)c2cc(C)ccc2-c2ccc(C)cc21. The van der Waals surface area contributed by atoms with Crippen LogP contribution in [0.25, 0.3) is 11.1 Å². The van der Waals surface area contributed by atoms with Crippen LogP contribution in [0.3, 0.4) is 0 Å². The molecule has 0 saturated carbocycles. The summed E-state index contributed by atoms with van der Waals surface area (Å²) in [5, 5.41) is 0. The Balaban J connectivity index is 1.82. The number of unbranched alkanes of at least 4 members (excludes halogenated alkanes) is 6. The third-order valence-electron chi connectivity index (χ3n) is 7.16. The summed E-state index contributed by atoms with van der Waals surface area (Å²) in [6.07, 6.45) is 24.9. The summed E-state index contributed by atoms with van der Waals surface area (Å²) in [4.78, 5) is 0. The van der Waals surface area contributed by atoms with Gasteiger partial charge in [-0.2, -0.15) is 0 Å². The van der Waals surface area contributed by atoms with E-state index in [4.69, 9.17) is 0 Å². The average molecular weight is 439 g/mol. The molecule has 2 aromatic carbocycles. The van der Waals surface area contributed by atoms with Gasteiger partial charge in [-0.15, -0.1) is 0 Å². The molecule has 3 rings (SSSR count). The number of rotatable bonds is 14. The molecule has 33 heavy (non-hydrogen) atoms. The Hall–Kier alpha value is -2.60. The maximum absolute atomic E-state index is 3.77. The average Bonchev–Trinajstić information content (AvgIpc) is 3.06. The molecule has 0 aromatic heterocycles. The summed E-state index contributed by atoms with van der Waals surface area (Å²) in [5.41, 5.74) is 9.04. The van der Waals surface area contributed by atoms with E-state index in [2.05, 4.69) is 87.7 Å². The molecule has 0 radical (unpaired) electrons. The van der Waals surface area contributed by atoms with Gasteiger partial charge in [0.1, 0.15) is 0 Å². The first-order valence-electron chi connectivity index (χ1n) is 12.9. The van der Waals surface area contributed by atoms with Gasteiger partial charge in [-0.05, 0) is 74.6 Å². The van der Waals surface area contributed by atoms with Crippen molar-refractivity contribution >= 4 is 0 Å². The second kappa shape index (κ2) is 12.6. The third-order valence-corrected chi connectivity index (χ3v) is 7.16. The van der Waals surface area contributed by atoms with Crippen molar-refractivity contribution in [1.82, 2.24) is 0 Å². The smallest absolute Gasteiger partial charge is 0.0215 e. The molecule has 0 saturated heterocycles. The molecule has 0 fully saturated rings. The number of allylic oxidation sites excluding steroid dienone is 6. The molecule has 174 valence electrons. The van der Waals surface area contributed by atoms with Crippen molar-refractivity contribution in [3.05, 3.63) is 108 Å². The van der Waals surface area contributed by atoms with E-state index in [9.17, 15) is 0 Å². The number of fused-ring (bicyclic) bond motifs is 3. The van der Waals surface area contributed by atoms with Crippen LogP contribution in [0, 0.1) is 13.8 Å². The maximum atomic E-state index is 3.77. The summed E-state index contributed by atoms with van der Waals surface area (Å²) in [6, 6.07) is 14.3. The number of hydrogen-bond donors (Lipinski definition) is 0. The van der Waals surface area contributed by atoms with Gasteiger partial charge in [0.2, 0.25) is 0 Å². The zero-order chi connectivity index (χ0) is 23.5. The summed E-state index contributed by atoms with van der Waals surface area (Å²) >= 11 is 0. The number of hydrogen-bond acceptors (Lipinski definition) is 0. The van der Waals surface area contributed by atoms with Crippen LogP contribution in [0.5, 0.6) is 0 Å². The van der Waals surface area contributed by atoms with Gasteiger partial charge in [-0.3, -0.25) is 0 Å². The Morgan fingerprint density at radius 1 is 0.636 bits per heavy atom. The van der Waals surface area contributed by atoms with Crippen molar-refractivity contribution in [2.45, 2.75) is 83.5 Å². The van der Waals surface area contributed by atoms with E-state index in [1.165, 1.54) is 73.6 Å². The molecule has 1 aliphatic carbocycles. The van der Waals surface area contributed by atoms with Crippen molar-refractivity contribution < 1.29 is 0 Å². The van der Waals surface area contributed by atoms with Gasteiger partial charge in [-0.25, -0.2) is 0 Å². The molecule has 0 spiro atoms. The van der Waals surface area contributed by atoms with Gasteiger partial charge in [0.05, 0.1) is 0 Å². The molecule has 0 heteroatoms. The van der Waals surface area contributed by atoms with E-state index in [1.807, 2.05) is 12.2 Å². The van der Waals surface area contributed by atoms with Gasteiger partial charge in [-0.1, -0.05) is 123 Å². The highest BCUT2D eigenvalue weighted by molar-refractivity contribution is 5.81. The summed E-state index contributed by atoms with van der Waals surface area (Å²) in [5.74, 6) is 0. The first-order chi connectivity index (χ1) is 16.1. The monoisotopic (exact) mass is 438 g/mol. The molecule has 1 aliphatic rings. The number of aryl methyl sites for hydroxylation is 2. The normalized spacial score (nSPS) is 14.0. The van der Waals surface area contributed by atoms with Crippen LogP contribution < -0.4 is 0 Å². The van der Waals surface area contributed by atoms with Gasteiger partial charge in [0.15, 0.2) is 0 Å². The summed E-state index contributed by atoms with van der Waals surface area (Å²) in [7, 11) is 0. The molecule has 0 atom stereocenters. The van der Waals surface area contributed by atoms with E-state index < -0.39 is 0 Å². The third kappa shape index (κ3) is 6.26.